The number of hydrogen-bond acceptors (Lipinski definition) is 12. The predicted octanol–water partition coefficient (Wildman–Crippen LogP) is -0.539. The van der Waals surface area contributed by atoms with E-state index >= 15 is 0 Å². The Morgan fingerprint density at radius 2 is 1.55 bits per heavy atom. The number of ether oxygens (including phenoxy) is 2. The molecule has 0 saturated carbocycles. The molecule has 12 nitrogen and oxygen atoms in total. The summed E-state index contributed by atoms with van der Waals surface area (Å²) in [7, 11) is 0. The van der Waals surface area contributed by atoms with Crippen LogP contribution in [0.15, 0.2) is 39.5 Å². The number of fused-ring (bicyclic) bond motifs is 1. The monoisotopic (exact) mass is 464 g/mol. The summed E-state index contributed by atoms with van der Waals surface area (Å²) >= 11 is 0. The molecule has 0 bridgehead atoms. The van der Waals surface area contributed by atoms with Gasteiger partial charge in [0.25, 0.3) is 0 Å². The summed E-state index contributed by atoms with van der Waals surface area (Å²) < 4.78 is 16.4. The Morgan fingerprint density at radius 1 is 0.879 bits per heavy atom. The molecule has 0 amide bonds. The van der Waals surface area contributed by atoms with E-state index in [2.05, 4.69) is 0 Å². The van der Waals surface area contributed by atoms with Crippen LogP contribution in [0.3, 0.4) is 0 Å². The molecule has 0 radical (unpaired) electrons. The van der Waals surface area contributed by atoms with Crippen LogP contribution in [0.25, 0.3) is 22.3 Å². The fourth-order valence-electron chi connectivity index (χ4n) is 3.47. The van der Waals surface area contributed by atoms with Crippen molar-refractivity contribution < 1.29 is 54.7 Å². The van der Waals surface area contributed by atoms with E-state index in [9.17, 15) is 45.6 Å². The molecule has 2 heterocycles. The van der Waals surface area contributed by atoms with Gasteiger partial charge in [-0.25, -0.2) is 0 Å². The molecule has 3 aromatic rings. The number of hydrogen-bond donors (Lipinski definition) is 8. The van der Waals surface area contributed by atoms with Crippen LogP contribution < -0.4 is 10.2 Å². The summed E-state index contributed by atoms with van der Waals surface area (Å²) in [4.78, 5) is 12.6. The summed E-state index contributed by atoms with van der Waals surface area (Å²) in [5, 5.41) is 78.4. The molecule has 12 heteroatoms. The lowest BCUT2D eigenvalue weighted by molar-refractivity contribution is -0.277. The van der Waals surface area contributed by atoms with Gasteiger partial charge in [-0.1, -0.05) is 0 Å². The number of benzene rings is 2. The normalized spacial score (nSPS) is 25.3. The Morgan fingerprint density at radius 3 is 2.18 bits per heavy atom. The maximum Gasteiger partial charge on any atom is 0.235 e. The van der Waals surface area contributed by atoms with Crippen molar-refractivity contribution in [2.24, 2.45) is 0 Å². The van der Waals surface area contributed by atoms with E-state index in [4.69, 9.17) is 13.9 Å². The third-order valence-electron chi connectivity index (χ3n) is 5.27. The van der Waals surface area contributed by atoms with Gasteiger partial charge >= 0.3 is 0 Å². The van der Waals surface area contributed by atoms with Gasteiger partial charge in [0.05, 0.1) is 12.0 Å². The molecule has 5 atom stereocenters. The van der Waals surface area contributed by atoms with Crippen molar-refractivity contribution in [3.05, 3.63) is 40.6 Å². The molecule has 4 rings (SSSR count). The third-order valence-corrected chi connectivity index (χ3v) is 5.27. The Bertz CT molecular complexity index is 1230. The van der Waals surface area contributed by atoms with Gasteiger partial charge < -0.3 is 54.7 Å². The van der Waals surface area contributed by atoms with Crippen molar-refractivity contribution in [2.75, 3.05) is 6.61 Å². The van der Waals surface area contributed by atoms with Crippen molar-refractivity contribution in [3.8, 4) is 40.1 Å². The van der Waals surface area contributed by atoms with Gasteiger partial charge in [0.2, 0.25) is 17.5 Å². The number of aromatic hydroxyl groups is 4. The molecule has 5 unspecified atom stereocenters. The zero-order chi connectivity index (χ0) is 24.0. The van der Waals surface area contributed by atoms with Crippen molar-refractivity contribution in [2.45, 2.75) is 30.7 Å². The van der Waals surface area contributed by atoms with Gasteiger partial charge in [0.1, 0.15) is 35.7 Å². The van der Waals surface area contributed by atoms with Crippen molar-refractivity contribution >= 4 is 11.0 Å². The molecule has 1 aliphatic rings. The van der Waals surface area contributed by atoms with Crippen molar-refractivity contribution in [1.29, 1.82) is 0 Å². The summed E-state index contributed by atoms with van der Waals surface area (Å²) in [6.45, 7) is -0.646. The first-order valence-electron chi connectivity index (χ1n) is 9.64. The first-order valence-corrected chi connectivity index (χ1v) is 9.64. The second-order valence-corrected chi connectivity index (χ2v) is 7.45. The van der Waals surface area contributed by atoms with Crippen LogP contribution >= 0.6 is 0 Å². The minimum absolute atomic E-state index is 0.00280. The molecular formula is C21H20O12. The van der Waals surface area contributed by atoms with Crippen LogP contribution in [-0.2, 0) is 4.74 Å². The fourth-order valence-corrected chi connectivity index (χ4v) is 3.47. The second kappa shape index (κ2) is 8.42. The SMILES string of the molecule is O=c1c(O)c(-c2cc(O)c(O)c(O)c2)oc2cc(OC3OC(CO)C(O)C(O)C3O)ccc12. The zero-order valence-corrected chi connectivity index (χ0v) is 16.7. The van der Waals surface area contributed by atoms with Gasteiger partial charge in [-0.05, 0) is 24.3 Å². The number of phenols is 3. The van der Waals surface area contributed by atoms with Crippen molar-refractivity contribution in [3.63, 3.8) is 0 Å². The minimum Gasteiger partial charge on any atom is -0.504 e. The van der Waals surface area contributed by atoms with Crippen LogP contribution in [0.1, 0.15) is 0 Å². The lowest BCUT2D eigenvalue weighted by atomic mass is 9.99. The maximum atomic E-state index is 12.6. The molecule has 1 aliphatic heterocycles. The van der Waals surface area contributed by atoms with Gasteiger partial charge in [0, 0.05) is 11.6 Å². The molecule has 1 saturated heterocycles. The number of rotatable bonds is 4. The first-order chi connectivity index (χ1) is 15.6. The molecule has 8 N–H and O–H groups in total. The van der Waals surface area contributed by atoms with Crippen molar-refractivity contribution in [1.82, 2.24) is 0 Å². The average Bonchev–Trinajstić information content (AvgIpc) is 2.79. The van der Waals surface area contributed by atoms with E-state index in [1.807, 2.05) is 0 Å². The zero-order valence-electron chi connectivity index (χ0n) is 16.7. The largest absolute Gasteiger partial charge is 0.504 e. The second-order valence-electron chi connectivity index (χ2n) is 7.45. The number of aliphatic hydroxyl groups is 4. The van der Waals surface area contributed by atoms with E-state index in [-0.39, 0.29) is 22.3 Å². The molecule has 1 aromatic heterocycles. The average molecular weight is 464 g/mol. The highest BCUT2D eigenvalue weighted by atomic mass is 16.7. The molecular weight excluding hydrogens is 444 g/mol. The summed E-state index contributed by atoms with van der Waals surface area (Å²) in [5.41, 5.74) is -1.04. The minimum atomic E-state index is -1.66. The molecule has 1 fully saturated rings. The molecule has 0 spiro atoms. The number of phenolic OH excluding ortho intramolecular Hbond substituents is 3. The van der Waals surface area contributed by atoms with Crippen LogP contribution in [-0.4, -0.2) is 78.2 Å². The van der Waals surface area contributed by atoms with Crippen LogP contribution in [0.4, 0.5) is 0 Å². The number of aliphatic hydroxyl groups excluding tert-OH is 4. The van der Waals surface area contributed by atoms with E-state index < -0.39 is 71.5 Å². The Labute approximate surface area is 184 Å². The standard InChI is InChI=1S/C21H20O12/c22-6-13-16(27)17(28)19(30)21(33-13)31-8-1-2-9-12(5-8)32-20(18(29)14(9)25)7-3-10(23)15(26)11(24)4-7/h1-5,13,16-17,19,21-24,26-30H,6H2. The van der Waals surface area contributed by atoms with Crippen LogP contribution in [0, 0.1) is 0 Å². The Hall–Kier alpha value is -3.55. The lowest BCUT2D eigenvalue weighted by Gasteiger charge is -2.39. The summed E-state index contributed by atoms with van der Waals surface area (Å²) in [6, 6.07) is 5.72. The third kappa shape index (κ3) is 3.90. The predicted molar refractivity (Wildman–Crippen MR) is 109 cm³/mol. The summed E-state index contributed by atoms with van der Waals surface area (Å²) in [5.74, 6) is -3.45. The Kier molecular flexibility index (Phi) is 5.78. The first kappa shape index (κ1) is 22.6. The maximum absolute atomic E-state index is 12.6. The van der Waals surface area contributed by atoms with Gasteiger partial charge in [-0.2, -0.15) is 0 Å². The van der Waals surface area contributed by atoms with Crippen LogP contribution in [0.5, 0.6) is 28.7 Å². The van der Waals surface area contributed by atoms with E-state index in [1.165, 1.54) is 18.2 Å². The molecule has 176 valence electrons. The fraction of sp³-hybridized carbons (Fsp3) is 0.286. The summed E-state index contributed by atoms with van der Waals surface area (Å²) in [6.07, 6.45) is -7.55. The smallest absolute Gasteiger partial charge is 0.235 e. The topological polar surface area (TPSA) is 211 Å². The van der Waals surface area contributed by atoms with Gasteiger partial charge in [-0.3, -0.25) is 4.79 Å². The molecule has 2 aromatic carbocycles. The quantitative estimate of drug-likeness (QED) is 0.229. The van der Waals surface area contributed by atoms with E-state index in [0.29, 0.717) is 0 Å². The lowest BCUT2D eigenvalue weighted by Crippen LogP contribution is -2.60. The van der Waals surface area contributed by atoms with Gasteiger partial charge in [-0.15, -0.1) is 0 Å². The van der Waals surface area contributed by atoms with Crippen LogP contribution in [0.2, 0.25) is 0 Å². The molecule has 0 aliphatic carbocycles. The van der Waals surface area contributed by atoms with E-state index in [0.717, 1.165) is 12.1 Å². The molecule has 33 heavy (non-hydrogen) atoms. The van der Waals surface area contributed by atoms with E-state index in [1.54, 1.807) is 0 Å². The Balaban J connectivity index is 1.73. The highest BCUT2D eigenvalue weighted by molar-refractivity contribution is 5.83. The van der Waals surface area contributed by atoms with Gasteiger partial charge in [0.15, 0.2) is 23.0 Å². The highest BCUT2D eigenvalue weighted by Gasteiger charge is 2.44. The highest BCUT2D eigenvalue weighted by Crippen LogP contribution is 2.41.